The second kappa shape index (κ2) is 13.9. The number of ether oxygens (including phenoxy) is 2. The lowest BCUT2D eigenvalue weighted by Gasteiger charge is -2.45. The Morgan fingerprint density at radius 3 is 2.10 bits per heavy atom. The Bertz CT molecular complexity index is 544. The van der Waals surface area contributed by atoms with E-state index in [9.17, 15) is 4.79 Å². The van der Waals surface area contributed by atoms with Gasteiger partial charge in [0.2, 0.25) is 0 Å². The van der Waals surface area contributed by atoms with E-state index in [0.717, 1.165) is 37.5 Å². The Labute approximate surface area is 193 Å². The molecule has 0 aromatic rings. The zero-order chi connectivity index (χ0) is 23.5. The molecule has 0 amide bonds. The third kappa shape index (κ3) is 8.75. The molecule has 4 nitrogen and oxygen atoms in total. The van der Waals surface area contributed by atoms with Gasteiger partial charge < -0.3 is 13.9 Å². The van der Waals surface area contributed by atoms with E-state index in [2.05, 4.69) is 40.8 Å². The maximum atomic E-state index is 12.4. The number of rotatable bonds is 15. The van der Waals surface area contributed by atoms with Crippen LogP contribution < -0.4 is 0 Å². The summed E-state index contributed by atoms with van der Waals surface area (Å²) in [4.78, 5) is 12.4. The van der Waals surface area contributed by atoms with E-state index in [1.807, 2.05) is 13.8 Å². The average Bonchev–Trinajstić information content (AvgIpc) is 2.69. The van der Waals surface area contributed by atoms with Crippen molar-refractivity contribution in [2.75, 3.05) is 13.2 Å². The number of aldehydes is 1. The molecule has 1 aliphatic rings. The minimum Gasteiger partial charge on any atom is -0.413 e. The molecule has 0 fully saturated rings. The molecule has 0 aliphatic heterocycles. The van der Waals surface area contributed by atoms with Crippen LogP contribution in [0.25, 0.3) is 0 Å². The highest BCUT2D eigenvalue weighted by Gasteiger charge is 2.45. The fourth-order valence-electron chi connectivity index (χ4n) is 4.22. The molecule has 0 N–H and O–H groups in total. The van der Waals surface area contributed by atoms with Gasteiger partial charge in [0, 0.05) is 18.8 Å². The van der Waals surface area contributed by atoms with Gasteiger partial charge in [-0.15, -0.1) is 0 Å². The summed E-state index contributed by atoms with van der Waals surface area (Å²) in [6.45, 7) is 18.7. The van der Waals surface area contributed by atoms with Crippen LogP contribution in [0, 0.1) is 5.92 Å². The van der Waals surface area contributed by atoms with Gasteiger partial charge in [-0.25, -0.2) is 0 Å². The van der Waals surface area contributed by atoms with Crippen LogP contribution in [0.1, 0.15) is 99.3 Å². The van der Waals surface area contributed by atoms with E-state index in [-0.39, 0.29) is 17.1 Å². The lowest BCUT2D eigenvalue weighted by atomic mass is 9.79. The SMILES string of the molecule is CCCCCCCCC1=C(C=O)[C@H](C(OCC)OCC)[C@@H](O[Si](C)(C)C(C)(C)C)CC1. The van der Waals surface area contributed by atoms with E-state index in [1.165, 1.54) is 37.7 Å². The van der Waals surface area contributed by atoms with Gasteiger partial charge in [-0.2, -0.15) is 0 Å². The van der Waals surface area contributed by atoms with Gasteiger partial charge in [0.1, 0.15) is 6.29 Å². The largest absolute Gasteiger partial charge is 0.413 e. The molecule has 1 aliphatic carbocycles. The van der Waals surface area contributed by atoms with E-state index < -0.39 is 14.6 Å². The summed E-state index contributed by atoms with van der Waals surface area (Å²) >= 11 is 0. The molecule has 0 saturated carbocycles. The summed E-state index contributed by atoms with van der Waals surface area (Å²) in [5.41, 5.74) is 2.19. The number of unbranched alkanes of at least 4 members (excludes halogenated alkanes) is 5. The minimum absolute atomic E-state index is 0.0301. The molecule has 5 heteroatoms. The van der Waals surface area contributed by atoms with Crippen LogP contribution in [-0.4, -0.2) is 40.2 Å². The highest BCUT2D eigenvalue weighted by atomic mass is 28.4. The normalized spacial score (nSPS) is 20.5. The van der Waals surface area contributed by atoms with Crippen molar-refractivity contribution in [3.05, 3.63) is 11.1 Å². The topological polar surface area (TPSA) is 44.8 Å². The molecule has 0 aromatic heterocycles. The zero-order valence-electron chi connectivity index (χ0n) is 21.7. The third-order valence-electron chi connectivity index (χ3n) is 7.06. The summed E-state index contributed by atoms with van der Waals surface area (Å²) < 4.78 is 18.9. The van der Waals surface area contributed by atoms with E-state index in [0.29, 0.717) is 13.2 Å². The smallest absolute Gasteiger partial charge is 0.192 e. The van der Waals surface area contributed by atoms with Gasteiger partial charge in [0.05, 0.1) is 12.0 Å². The van der Waals surface area contributed by atoms with Gasteiger partial charge >= 0.3 is 0 Å². The van der Waals surface area contributed by atoms with Crippen LogP contribution in [0.4, 0.5) is 0 Å². The molecule has 0 bridgehead atoms. The van der Waals surface area contributed by atoms with Crippen LogP contribution >= 0.6 is 0 Å². The molecule has 0 heterocycles. The molecule has 1 rings (SSSR count). The number of hydrogen-bond donors (Lipinski definition) is 0. The lowest BCUT2D eigenvalue weighted by molar-refractivity contribution is -0.178. The van der Waals surface area contributed by atoms with Crippen molar-refractivity contribution in [3.63, 3.8) is 0 Å². The van der Waals surface area contributed by atoms with Crippen molar-refractivity contribution in [2.24, 2.45) is 5.92 Å². The second-order valence-electron chi connectivity index (χ2n) is 10.5. The van der Waals surface area contributed by atoms with Crippen LogP contribution in [0.5, 0.6) is 0 Å². The summed E-state index contributed by atoms with van der Waals surface area (Å²) in [7, 11) is -1.98. The highest BCUT2D eigenvalue weighted by molar-refractivity contribution is 6.74. The number of allylic oxidation sites excluding steroid dienone is 1. The van der Waals surface area contributed by atoms with Crippen molar-refractivity contribution in [3.8, 4) is 0 Å². The van der Waals surface area contributed by atoms with Gasteiger partial charge in [-0.3, -0.25) is 4.79 Å². The molecule has 0 spiro atoms. The Balaban J connectivity index is 3.10. The number of carbonyl (C=O) groups excluding carboxylic acids is 1. The lowest BCUT2D eigenvalue weighted by Crippen LogP contribution is -2.50. The average molecular weight is 455 g/mol. The molecule has 2 atom stereocenters. The van der Waals surface area contributed by atoms with Crippen LogP contribution in [0.15, 0.2) is 11.1 Å². The summed E-state index contributed by atoms with van der Waals surface area (Å²) in [5, 5.41) is 0.119. The molecular weight excluding hydrogens is 404 g/mol. The van der Waals surface area contributed by atoms with Crippen LogP contribution in [0.3, 0.4) is 0 Å². The van der Waals surface area contributed by atoms with Crippen molar-refractivity contribution in [1.29, 1.82) is 0 Å². The minimum atomic E-state index is -1.98. The predicted octanol–water partition coefficient (Wildman–Crippen LogP) is 7.43. The van der Waals surface area contributed by atoms with E-state index in [1.54, 1.807) is 0 Å². The first-order valence-electron chi connectivity index (χ1n) is 12.7. The van der Waals surface area contributed by atoms with Crippen molar-refractivity contribution in [1.82, 2.24) is 0 Å². The standard InChI is InChI=1S/C26H50O4Si/c1-9-12-13-14-15-16-17-21-18-19-23(30-31(7,8)26(4,5)6)24(22(21)20-27)25(28-10-2)29-11-3/h20,23-25H,9-19H2,1-8H3/t23-,24-/m0/s1. The Morgan fingerprint density at radius 1 is 1.00 bits per heavy atom. The van der Waals surface area contributed by atoms with Gasteiger partial charge in [-0.1, -0.05) is 65.4 Å². The first-order valence-corrected chi connectivity index (χ1v) is 15.6. The van der Waals surface area contributed by atoms with Crippen molar-refractivity contribution < 1.29 is 18.7 Å². The maximum Gasteiger partial charge on any atom is 0.192 e. The number of carbonyl (C=O) groups is 1. The molecule has 0 unspecified atom stereocenters. The predicted molar refractivity (Wildman–Crippen MR) is 133 cm³/mol. The second-order valence-corrected chi connectivity index (χ2v) is 15.2. The summed E-state index contributed by atoms with van der Waals surface area (Å²) in [5.74, 6) is -0.143. The summed E-state index contributed by atoms with van der Waals surface area (Å²) in [6, 6.07) is 0. The monoisotopic (exact) mass is 454 g/mol. The first kappa shape index (κ1) is 28.5. The molecule has 182 valence electrons. The van der Waals surface area contributed by atoms with Gasteiger partial charge in [0.25, 0.3) is 0 Å². The number of hydrogen-bond acceptors (Lipinski definition) is 4. The quantitative estimate of drug-likeness (QED) is 0.112. The maximum absolute atomic E-state index is 12.4. The fraction of sp³-hybridized carbons (Fsp3) is 0.885. The summed E-state index contributed by atoms with van der Waals surface area (Å²) in [6.07, 6.45) is 11.1. The molecule has 0 saturated heterocycles. The zero-order valence-corrected chi connectivity index (χ0v) is 22.7. The Kier molecular flexibility index (Phi) is 12.8. The van der Waals surface area contributed by atoms with Gasteiger partial charge in [-0.05, 0) is 57.7 Å². The molecule has 0 radical (unpaired) electrons. The van der Waals surface area contributed by atoms with Crippen LogP contribution in [-0.2, 0) is 18.7 Å². The third-order valence-corrected chi connectivity index (χ3v) is 11.6. The first-order chi connectivity index (χ1) is 14.6. The Morgan fingerprint density at radius 2 is 1.58 bits per heavy atom. The van der Waals surface area contributed by atoms with E-state index in [4.69, 9.17) is 13.9 Å². The van der Waals surface area contributed by atoms with Gasteiger partial charge in [0.15, 0.2) is 14.6 Å². The molecule has 31 heavy (non-hydrogen) atoms. The van der Waals surface area contributed by atoms with E-state index >= 15 is 0 Å². The van der Waals surface area contributed by atoms with Crippen molar-refractivity contribution in [2.45, 2.75) is 130 Å². The highest BCUT2D eigenvalue weighted by Crippen LogP contribution is 2.43. The van der Waals surface area contributed by atoms with Crippen molar-refractivity contribution >= 4 is 14.6 Å². The fourth-order valence-corrected chi connectivity index (χ4v) is 5.59. The van der Waals surface area contributed by atoms with Crippen LogP contribution in [0.2, 0.25) is 18.1 Å². The molecular formula is C26H50O4Si. The Hall–Kier alpha value is -0.493. The molecule has 0 aromatic carbocycles.